The Morgan fingerprint density at radius 2 is 2.00 bits per heavy atom. The molecule has 2 atom stereocenters. The Hall–Kier alpha value is -1.67. The molecule has 0 fully saturated rings. The predicted octanol–water partition coefficient (Wildman–Crippen LogP) is 4.79. The molecule has 2 aromatic carbocycles. The number of hydrogen-bond donors (Lipinski definition) is 1. The molecule has 2 heterocycles. The number of benzene rings is 2. The van der Waals surface area contributed by atoms with Crippen molar-refractivity contribution in [2.45, 2.75) is 25.3 Å². The van der Waals surface area contributed by atoms with Crippen molar-refractivity contribution in [3.8, 4) is 5.75 Å². The number of ether oxygens (including phenoxy) is 1. The van der Waals surface area contributed by atoms with Crippen molar-refractivity contribution in [2.75, 3.05) is 11.9 Å². The van der Waals surface area contributed by atoms with E-state index in [1.54, 1.807) is 0 Å². The van der Waals surface area contributed by atoms with E-state index < -0.39 is 0 Å². The molecule has 0 aliphatic carbocycles. The first kappa shape index (κ1) is 13.0. The molecule has 0 bridgehead atoms. The number of rotatable bonds is 0. The SMILES string of the molecule is CC1(C)c2cc(Cl)ccc2N[C@@H]2c3ccccc3OC[C@H]21. The van der Waals surface area contributed by atoms with Gasteiger partial charge in [0, 0.05) is 27.6 Å². The second-order valence-corrected chi connectivity index (χ2v) is 6.93. The van der Waals surface area contributed by atoms with Crippen LogP contribution in [0.4, 0.5) is 5.69 Å². The molecule has 0 amide bonds. The molecule has 0 unspecified atom stereocenters. The van der Waals surface area contributed by atoms with Gasteiger partial charge >= 0.3 is 0 Å². The zero-order valence-electron chi connectivity index (χ0n) is 12.2. The number of para-hydroxylation sites is 1. The van der Waals surface area contributed by atoms with Gasteiger partial charge in [-0.2, -0.15) is 0 Å². The van der Waals surface area contributed by atoms with Gasteiger partial charge in [0.15, 0.2) is 0 Å². The van der Waals surface area contributed by atoms with Gasteiger partial charge in [-0.1, -0.05) is 43.6 Å². The maximum Gasteiger partial charge on any atom is 0.124 e. The van der Waals surface area contributed by atoms with Crippen LogP contribution in [-0.2, 0) is 5.41 Å². The third-order valence-electron chi connectivity index (χ3n) is 4.99. The molecule has 0 saturated carbocycles. The highest BCUT2D eigenvalue weighted by atomic mass is 35.5. The maximum atomic E-state index is 6.20. The summed E-state index contributed by atoms with van der Waals surface area (Å²) in [6.45, 7) is 5.31. The van der Waals surface area contributed by atoms with E-state index >= 15 is 0 Å². The topological polar surface area (TPSA) is 21.3 Å². The van der Waals surface area contributed by atoms with E-state index in [2.05, 4.69) is 49.5 Å². The van der Waals surface area contributed by atoms with E-state index in [0.29, 0.717) is 12.0 Å². The van der Waals surface area contributed by atoms with Crippen LogP contribution in [0.25, 0.3) is 0 Å². The molecule has 108 valence electrons. The fourth-order valence-corrected chi connectivity index (χ4v) is 3.88. The lowest BCUT2D eigenvalue weighted by molar-refractivity contribution is 0.136. The van der Waals surface area contributed by atoms with Gasteiger partial charge in [-0.25, -0.2) is 0 Å². The second kappa shape index (κ2) is 4.41. The van der Waals surface area contributed by atoms with Gasteiger partial charge < -0.3 is 10.1 Å². The number of anilines is 1. The van der Waals surface area contributed by atoms with Crippen molar-refractivity contribution >= 4 is 17.3 Å². The largest absolute Gasteiger partial charge is 0.493 e. The predicted molar refractivity (Wildman–Crippen MR) is 86.3 cm³/mol. The Labute approximate surface area is 130 Å². The minimum Gasteiger partial charge on any atom is -0.493 e. The molecule has 0 aromatic heterocycles. The third-order valence-corrected chi connectivity index (χ3v) is 5.22. The summed E-state index contributed by atoms with van der Waals surface area (Å²) in [6, 6.07) is 14.7. The standard InChI is InChI=1S/C18H18ClNO/c1-18(2)13-9-11(19)7-8-15(13)20-17-12-5-3-4-6-16(12)21-10-14(17)18/h3-9,14,17,20H,10H2,1-2H3/t14-,17-/m1/s1. The smallest absolute Gasteiger partial charge is 0.124 e. The van der Waals surface area contributed by atoms with Gasteiger partial charge in [0.05, 0.1) is 12.6 Å². The van der Waals surface area contributed by atoms with E-state index in [-0.39, 0.29) is 5.41 Å². The molecule has 0 radical (unpaired) electrons. The highest BCUT2D eigenvalue weighted by Gasteiger charge is 2.46. The van der Waals surface area contributed by atoms with Crippen molar-refractivity contribution < 1.29 is 4.74 Å². The Balaban J connectivity index is 1.88. The van der Waals surface area contributed by atoms with E-state index in [4.69, 9.17) is 16.3 Å². The van der Waals surface area contributed by atoms with Crippen LogP contribution in [-0.4, -0.2) is 6.61 Å². The van der Waals surface area contributed by atoms with E-state index in [1.165, 1.54) is 16.8 Å². The van der Waals surface area contributed by atoms with Crippen molar-refractivity contribution in [2.24, 2.45) is 5.92 Å². The van der Waals surface area contributed by atoms with Crippen LogP contribution in [0.3, 0.4) is 0 Å². The van der Waals surface area contributed by atoms with Crippen LogP contribution < -0.4 is 10.1 Å². The normalized spacial score (nSPS) is 24.9. The van der Waals surface area contributed by atoms with Gasteiger partial charge in [-0.05, 0) is 29.8 Å². The zero-order valence-corrected chi connectivity index (χ0v) is 12.9. The van der Waals surface area contributed by atoms with E-state index in [9.17, 15) is 0 Å². The maximum absolute atomic E-state index is 6.20. The van der Waals surface area contributed by atoms with Crippen LogP contribution >= 0.6 is 11.6 Å². The molecule has 4 rings (SSSR count). The summed E-state index contributed by atoms with van der Waals surface area (Å²) in [5.41, 5.74) is 3.73. The number of hydrogen-bond acceptors (Lipinski definition) is 2. The molecule has 0 spiro atoms. The summed E-state index contributed by atoms with van der Waals surface area (Å²) >= 11 is 6.20. The quantitative estimate of drug-likeness (QED) is 0.755. The van der Waals surface area contributed by atoms with Gasteiger partial charge in [0.2, 0.25) is 0 Å². The molecule has 21 heavy (non-hydrogen) atoms. The first-order valence-electron chi connectivity index (χ1n) is 7.35. The van der Waals surface area contributed by atoms with Crippen LogP contribution in [0.1, 0.15) is 31.0 Å². The molecule has 3 heteroatoms. The fourth-order valence-electron chi connectivity index (χ4n) is 3.71. The van der Waals surface area contributed by atoms with Crippen LogP contribution in [0.5, 0.6) is 5.75 Å². The molecule has 2 aliphatic rings. The summed E-state index contributed by atoms with van der Waals surface area (Å²) < 4.78 is 6.00. The highest BCUT2D eigenvalue weighted by Crippen LogP contribution is 2.52. The summed E-state index contributed by atoms with van der Waals surface area (Å²) in [5, 5.41) is 4.49. The molecule has 1 N–H and O–H groups in total. The van der Waals surface area contributed by atoms with Gasteiger partial charge in [0.1, 0.15) is 5.75 Å². The van der Waals surface area contributed by atoms with Crippen LogP contribution in [0.2, 0.25) is 5.02 Å². The zero-order chi connectivity index (χ0) is 14.6. The minimum atomic E-state index is 0.0175. The Morgan fingerprint density at radius 1 is 1.19 bits per heavy atom. The van der Waals surface area contributed by atoms with Gasteiger partial charge in [-0.3, -0.25) is 0 Å². The molecular weight excluding hydrogens is 282 g/mol. The highest BCUT2D eigenvalue weighted by molar-refractivity contribution is 6.30. The first-order valence-corrected chi connectivity index (χ1v) is 7.73. The lowest BCUT2D eigenvalue weighted by atomic mass is 9.65. The monoisotopic (exact) mass is 299 g/mol. The van der Waals surface area contributed by atoms with E-state index in [1.807, 2.05) is 12.1 Å². The van der Waals surface area contributed by atoms with Gasteiger partial charge in [0.25, 0.3) is 0 Å². The average Bonchev–Trinajstić information content (AvgIpc) is 2.48. The average molecular weight is 300 g/mol. The Bertz CT molecular complexity index is 710. The lowest BCUT2D eigenvalue weighted by Crippen LogP contribution is -2.46. The minimum absolute atomic E-state index is 0.0175. The second-order valence-electron chi connectivity index (χ2n) is 6.49. The summed E-state index contributed by atoms with van der Waals surface area (Å²) in [7, 11) is 0. The Kier molecular flexibility index (Phi) is 2.74. The third kappa shape index (κ3) is 1.86. The number of nitrogens with one attached hydrogen (secondary N) is 1. The molecule has 2 aliphatic heterocycles. The number of halogens is 1. The fraction of sp³-hybridized carbons (Fsp3) is 0.333. The Morgan fingerprint density at radius 3 is 2.86 bits per heavy atom. The van der Waals surface area contributed by atoms with Crippen molar-refractivity contribution in [3.63, 3.8) is 0 Å². The van der Waals surface area contributed by atoms with Gasteiger partial charge in [-0.15, -0.1) is 0 Å². The molecule has 0 saturated heterocycles. The molecule has 2 aromatic rings. The van der Waals surface area contributed by atoms with E-state index in [0.717, 1.165) is 17.4 Å². The van der Waals surface area contributed by atoms with Crippen LogP contribution in [0.15, 0.2) is 42.5 Å². The molecular formula is C18H18ClNO. The summed E-state index contributed by atoms with van der Waals surface area (Å²) in [5.74, 6) is 1.39. The first-order chi connectivity index (χ1) is 10.1. The van der Waals surface area contributed by atoms with Crippen LogP contribution in [0, 0.1) is 5.92 Å². The number of fused-ring (bicyclic) bond motifs is 4. The van der Waals surface area contributed by atoms with Crippen molar-refractivity contribution in [3.05, 3.63) is 58.6 Å². The summed E-state index contributed by atoms with van der Waals surface area (Å²) in [6.07, 6.45) is 0. The lowest BCUT2D eigenvalue weighted by Gasteiger charge is -2.48. The summed E-state index contributed by atoms with van der Waals surface area (Å²) in [4.78, 5) is 0. The molecule has 2 nitrogen and oxygen atoms in total. The van der Waals surface area contributed by atoms with Crippen molar-refractivity contribution in [1.29, 1.82) is 0 Å². The van der Waals surface area contributed by atoms with Crippen molar-refractivity contribution in [1.82, 2.24) is 0 Å².